The Morgan fingerprint density at radius 2 is 1.98 bits per heavy atom. The number of nitrogens with two attached hydrogens (primary N) is 3. The monoisotopic (exact) mass is 665 g/mol. The van der Waals surface area contributed by atoms with E-state index in [1.165, 1.54) is 6.07 Å². The molecule has 0 fully saturated rings. The Morgan fingerprint density at radius 1 is 1.19 bits per heavy atom. The molecule has 0 radical (unpaired) electrons. The molecule has 14 nitrogen and oxygen atoms in total. The molecular formula is C31H37ClFN11O3. The first kappa shape index (κ1) is 34.6. The summed E-state index contributed by atoms with van der Waals surface area (Å²) in [5.74, 6) is -0.952. The average Bonchev–Trinajstić information content (AvgIpc) is 3.50. The van der Waals surface area contributed by atoms with Crippen LogP contribution in [0.4, 0.5) is 15.9 Å². The zero-order valence-electron chi connectivity index (χ0n) is 25.7. The van der Waals surface area contributed by atoms with E-state index >= 15 is 0 Å². The normalized spacial score (nSPS) is 11.5. The number of anilines is 2. The molecule has 4 aromatic rings. The Bertz CT molecular complexity index is 1780. The fourth-order valence-corrected chi connectivity index (χ4v) is 4.99. The minimum absolute atomic E-state index is 0.00794. The van der Waals surface area contributed by atoms with E-state index in [9.17, 15) is 14.0 Å². The molecule has 1 unspecified atom stereocenters. The lowest BCUT2D eigenvalue weighted by atomic mass is 10.0. The number of benzene rings is 2. The number of halogens is 2. The molecule has 16 heteroatoms. The van der Waals surface area contributed by atoms with Gasteiger partial charge in [0.05, 0.1) is 23.0 Å². The highest BCUT2D eigenvalue weighted by Gasteiger charge is 2.19. The summed E-state index contributed by atoms with van der Waals surface area (Å²) in [4.78, 5) is 38.0. The van der Waals surface area contributed by atoms with Crippen LogP contribution in [-0.4, -0.2) is 70.6 Å². The maximum Gasteiger partial charge on any atom is 0.251 e. The average molecular weight is 666 g/mol. The number of aryl methyl sites for hydroxylation is 1. The third kappa shape index (κ3) is 8.71. The second-order valence-electron chi connectivity index (χ2n) is 10.3. The van der Waals surface area contributed by atoms with Gasteiger partial charge in [0.15, 0.2) is 29.0 Å². The molecule has 4 rings (SSSR count). The summed E-state index contributed by atoms with van der Waals surface area (Å²) in [5.41, 5.74) is 19.9. The number of ether oxygens (including phenoxy) is 1. The molecule has 248 valence electrons. The summed E-state index contributed by atoms with van der Waals surface area (Å²) in [6, 6.07) is 7.70. The molecule has 0 saturated heterocycles. The van der Waals surface area contributed by atoms with Crippen molar-refractivity contribution in [2.75, 3.05) is 31.6 Å². The lowest BCUT2D eigenvalue weighted by molar-refractivity contribution is -0.122. The smallest absolute Gasteiger partial charge is 0.251 e. The van der Waals surface area contributed by atoms with Crippen molar-refractivity contribution < 1.29 is 18.7 Å². The minimum atomic E-state index is -0.731. The van der Waals surface area contributed by atoms with Gasteiger partial charge in [-0.15, -0.1) is 0 Å². The highest BCUT2D eigenvalue weighted by molar-refractivity contribution is 6.33. The van der Waals surface area contributed by atoms with Gasteiger partial charge >= 0.3 is 0 Å². The van der Waals surface area contributed by atoms with Crippen LogP contribution in [-0.2, 0) is 11.2 Å². The Balaban J connectivity index is 1.39. The molecule has 47 heavy (non-hydrogen) atoms. The summed E-state index contributed by atoms with van der Waals surface area (Å²) < 4.78 is 21.8. The number of guanidine groups is 1. The minimum Gasteiger partial charge on any atom is -0.485 e. The van der Waals surface area contributed by atoms with Gasteiger partial charge in [0.25, 0.3) is 5.91 Å². The van der Waals surface area contributed by atoms with E-state index in [1.807, 2.05) is 13.0 Å². The van der Waals surface area contributed by atoms with Crippen molar-refractivity contribution >= 4 is 52.7 Å². The number of nitrogens with zero attached hydrogens (tertiary/aromatic N) is 4. The van der Waals surface area contributed by atoms with Crippen molar-refractivity contribution in [3.63, 3.8) is 0 Å². The van der Waals surface area contributed by atoms with E-state index in [4.69, 9.17) is 38.9 Å². The Labute approximate surface area is 275 Å². The second kappa shape index (κ2) is 16.3. The summed E-state index contributed by atoms with van der Waals surface area (Å²) >= 11 is 6.36. The predicted molar refractivity (Wildman–Crippen MR) is 180 cm³/mol. The van der Waals surface area contributed by atoms with Crippen LogP contribution in [0.5, 0.6) is 5.75 Å². The fraction of sp³-hybridized carbons (Fsp3) is 0.290. The van der Waals surface area contributed by atoms with Gasteiger partial charge in [0.2, 0.25) is 5.91 Å². The summed E-state index contributed by atoms with van der Waals surface area (Å²) in [7, 11) is 0. The number of fused-ring (bicyclic) bond motifs is 1. The fourth-order valence-electron chi connectivity index (χ4n) is 4.74. The largest absolute Gasteiger partial charge is 0.485 e. The summed E-state index contributed by atoms with van der Waals surface area (Å²) in [5, 5.41) is 15.8. The molecule has 0 saturated carbocycles. The summed E-state index contributed by atoms with van der Waals surface area (Å²) in [6.45, 7) is 2.69. The molecule has 1 atom stereocenters. The van der Waals surface area contributed by atoms with Gasteiger partial charge in [-0.3, -0.25) is 19.0 Å². The van der Waals surface area contributed by atoms with Gasteiger partial charge in [-0.05, 0) is 55.2 Å². The van der Waals surface area contributed by atoms with Crippen molar-refractivity contribution in [1.82, 2.24) is 25.0 Å². The zero-order chi connectivity index (χ0) is 33.9. The van der Waals surface area contributed by atoms with Crippen LogP contribution < -0.4 is 37.9 Å². The van der Waals surface area contributed by atoms with Crippen LogP contribution in [0.15, 0.2) is 53.9 Å². The lowest BCUT2D eigenvalue weighted by Gasteiger charge is -2.14. The molecule has 0 aliphatic heterocycles. The number of hydrogen-bond donors (Lipinski definition) is 7. The maximum absolute atomic E-state index is 14.9. The number of imidazole rings is 1. The van der Waals surface area contributed by atoms with E-state index in [0.29, 0.717) is 59.8 Å². The number of rotatable bonds is 16. The quantitative estimate of drug-likeness (QED) is 0.0530. The first-order valence-electron chi connectivity index (χ1n) is 14.8. The molecule has 10 N–H and O–H groups in total. The maximum atomic E-state index is 14.9. The van der Waals surface area contributed by atoms with E-state index in [2.05, 4.69) is 30.9 Å². The number of amides is 2. The van der Waals surface area contributed by atoms with Crippen LogP contribution >= 0.6 is 11.6 Å². The first-order chi connectivity index (χ1) is 22.6. The van der Waals surface area contributed by atoms with E-state index in [0.717, 1.165) is 11.8 Å². The number of aliphatic imine (C=N–C) groups is 1. The van der Waals surface area contributed by atoms with Crippen molar-refractivity contribution in [2.45, 2.75) is 32.2 Å². The number of nitrogens with one attached hydrogen (secondary N) is 4. The zero-order valence-corrected chi connectivity index (χ0v) is 26.5. The highest BCUT2D eigenvalue weighted by Crippen LogP contribution is 2.36. The van der Waals surface area contributed by atoms with E-state index in [-0.39, 0.29) is 48.2 Å². The van der Waals surface area contributed by atoms with Gasteiger partial charge in [-0.25, -0.2) is 14.4 Å². The van der Waals surface area contributed by atoms with Crippen molar-refractivity contribution in [1.29, 1.82) is 5.41 Å². The predicted octanol–water partition coefficient (Wildman–Crippen LogP) is 2.75. The van der Waals surface area contributed by atoms with Gasteiger partial charge in [-0.1, -0.05) is 18.5 Å². The van der Waals surface area contributed by atoms with Crippen LogP contribution in [0, 0.1) is 11.2 Å². The van der Waals surface area contributed by atoms with Gasteiger partial charge in [-0.2, -0.15) is 0 Å². The SMILES string of the molecule is CCc1cc(Nc2nccn3c(-c4ccc(OCC=N)c(F)c4Cl)cnc23)ccc1C(=O)NCCNC(=O)C(N)CCCN=C(N)N. The molecule has 0 aliphatic rings. The molecule has 2 heterocycles. The van der Waals surface area contributed by atoms with Crippen molar-refractivity contribution in [2.24, 2.45) is 22.2 Å². The van der Waals surface area contributed by atoms with Gasteiger partial charge < -0.3 is 43.3 Å². The van der Waals surface area contributed by atoms with Crippen molar-refractivity contribution in [3.8, 4) is 17.0 Å². The molecule has 0 aliphatic carbocycles. The van der Waals surface area contributed by atoms with Gasteiger partial charge in [0.1, 0.15) is 6.61 Å². The van der Waals surface area contributed by atoms with E-state index in [1.54, 1.807) is 41.2 Å². The Hall–Kier alpha value is -5.28. The van der Waals surface area contributed by atoms with Crippen LogP contribution in [0.25, 0.3) is 16.9 Å². The lowest BCUT2D eigenvalue weighted by Crippen LogP contribution is -2.43. The second-order valence-corrected chi connectivity index (χ2v) is 10.7. The third-order valence-electron chi connectivity index (χ3n) is 7.08. The molecule has 2 aromatic carbocycles. The van der Waals surface area contributed by atoms with Gasteiger partial charge in [0, 0.05) is 55.1 Å². The number of carbonyl (C=O) groups excluding carboxylic acids is 2. The third-order valence-corrected chi connectivity index (χ3v) is 7.45. The molecular weight excluding hydrogens is 629 g/mol. The van der Waals surface area contributed by atoms with Crippen molar-refractivity contribution in [3.05, 3.63) is 70.9 Å². The molecule has 0 bridgehead atoms. The molecule has 0 spiro atoms. The number of hydrogen-bond acceptors (Lipinski definition) is 9. The van der Waals surface area contributed by atoms with E-state index < -0.39 is 11.9 Å². The van der Waals surface area contributed by atoms with Crippen LogP contribution in [0.2, 0.25) is 5.02 Å². The molecule has 2 amide bonds. The molecule has 2 aromatic heterocycles. The highest BCUT2D eigenvalue weighted by atomic mass is 35.5. The topological polar surface area (TPSA) is 224 Å². The standard InChI is InChI=1S/C31H37ClFN11O3/c1-2-18-16-19(5-6-20(18)29(45)39-11-12-40-30(46)22(35)4-3-10-41-31(36)37)43-27-28-42-17-23(44(28)14-13-38-27)21-7-8-24(47-15-9-34)26(33)25(21)32/h5-9,13-14,16-17,22,34H,2-4,10-12,15,35H2,1H3,(H,38,43)(H,39,45)(H,40,46)(H4,36,37,41). The number of carbonyl (C=O) groups is 2. The Kier molecular flexibility index (Phi) is 12.0. The Morgan fingerprint density at radius 3 is 2.72 bits per heavy atom. The van der Waals surface area contributed by atoms with Crippen LogP contribution in [0.1, 0.15) is 35.7 Å². The van der Waals surface area contributed by atoms with Crippen LogP contribution in [0.3, 0.4) is 0 Å². The summed E-state index contributed by atoms with van der Waals surface area (Å²) in [6.07, 6.45) is 7.42. The first-order valence-corrected chi connectivity index (χ1v) is 15.2. The number of aromatic nitrogens is 3.